The second-order valence-electron chi connectivity index (χ2n) is 5.96. The standard InChI is InChI=1S/C16H26N4O3S/c1-3-4-9-18(2)24(22,23)20-12-10-19(11-13-20)16(21)14-15-7-5-6-8-17-15/h5-8H,3-4,9-14H2,1-2H3. The van der Waals surface area contributed by atoms with Gasteiger partial charge in [0.1, 0.15) is 0 Å². The lowest BCUT2D eigenvalue weighted by molar-refractivity contribution is -0.131. The zero-order valence-electron chi connectivity index (χ0n) is 14.4. The summed E-state index contributed by atoms with van der Waals surface area (Å²) in [6.07, 6.45) is 3.72. The third-order valence-corrected chi connectivity index (χ3v) is 6.18. The molecular formula is C16H26N4O3S. The van der Waals surface area contributed by atoms with Crippen LogP contribution in [0, 0.1) is 0 Å². The summed E-state index contributed by atoms with van der Waals surface area (Å²) in [4.78, 5) is 18.2. The van der Waals surface area contributed by atoms with Gasteiger partial charge in [0.2, 0.25) is 5.91 Å². The molecule has 2 rings (SSSR count). The molecule has 0 N–H and O–H groups in total. The van der Waals surface area contributed by atoms with Gasteiger partial charge in [-0.15, -0.1) is 0 Å². The van der Waals surface area contributed by atoms with Gasteiger partial charge in [0.05, 0.1) is 6.42 Å². The van der Waals surface area contributed by atoms with Crippen LogP contribution in [0.4, 0.5) is 0 Å². The molecule has 1 amide bonds. The number of piperazine rings is 1. The largest absolute Gasteiger partial charge is 0.340 e. The Hall–Kier alpha value is -1.51. The molecule has 24 heavy (non-hydrogen) atoms. The van der Waals surface area contributed by atoms with Crippen molar-refractivity contribution in [2.75, 3.05) is 39.8 Å². The molecule has 1 aromatic heterocycles. The number of hydrogen-bond acceptors (Lipinski definition) is 4. The number of pyridine rings is 1. The van der Waals surface area contributed by atoms with Crippen LogP contribution < -0.4 is 0 Å². The Morgan fingerprint density at radius 2 is 1.96 bits per heavy atom. The molecule has 1 aliphatic heterocycles. The highest BCUT2D eigenvalue weighted by atomic mass is 32.2. The predicted molar refractivity (Wildman–Crippen MR) is 92.6 cm³/mol. The van der Waals surface area contributed by atoms with E-state index >= 15 is 0 Å². The number of aromatic nitrogens is 1. The molecule has 1 fully saturated rings. The van der Waals surface area contributed by atoms with Crippen LogP contribution in [0.2, 0.25) is 0 Å². The van der Waals surface area contributed by atoms with Crippen LogP contribution in [0.5, 0.6) is 0 Å². The molecule has 2 heterocycles. The Morgan fingerprint density at radius 1 is 1.25 bits per heavy atom. The van der Waals surface area contributed by atoms with E-state index in [-0.39, 0.29) is 12.3 Å². The van der Waals surface area contributed by atoms with Gasteiger partial charge in [-0.05, 0) is 18.6 Å². The summed E-state index contributed by atoms with van der Waals surface area (Å²) in [7, 11) is -1.81. The first-order chi connectivity index (χ1) is 11.4. The average molecular weight is 354 g/mol. The molecule has 1 aliphatic rings. The summed E-state index contributed by atoms with van der Waals surface area (Å²) < 4.78 is 27.9. The molecule has 0 atom stereocenters. The molecule has 0 unspecified atom stereocenters. The molecule has 134 valence electrons. The Balaban J connectivity index is 1.87. The minimum absolute atomic E-state index is 0.00918. The van der Waals surface area contributed by atoms with Crippen molar-refractivity contribution in [1.29, 1.82) is 0 Å². The first-order valence-corrected chi connectivity index (χ1v) is 9.74. The van der Waals surface area contributed by atoms with Crippen LogP contribution in [-0.4, -0.2) is 72.6 Å². The minimum atomic E-state index is -3.43. The minimum Gasteiger partial charge on any atom is -0.340 e. The van der Waals surface area contributed by atoms with Gasteiger partial charge < -0.3 is 4.90 Å². The normalized spacial score (nSPS) is 16.5. The molecule has 0 aliphatic carbocycles. The van der Waals surface area contributed by atoms with Gasteiger partial charge in [-0.1, -0.05) is 19.4 Å². The lowest BCUT2D eigenvalue weighted by atomic mass is 10.2. The monoisotopic (exact) mass is 354 g/mol. The van der Waals surface area contributed by atoms with Crippen molar-refractivity contribution in [3.05, 3.63) is 30.1 Å². The van der Waals surface area contributed by atoms with E-state index in [2.05, 4.69) is 4.98 Å². The fraction of sp³-hybridized carbons (Fsp3) is 0.625. The van der Waals surface area contributed by atoms with Crippen molar-refractivity contribution in [2.45, 2.75) is 26.2 Å². The maximum Gasteiger partial charge on any atom is 0.281 e. The van der Waals surface area contributed by atoms with E-state index < -0.39 is 10.2 Å². The quantitative estimate of drug-likeness (QED) is 0.724. The topological polar surface area (TPSA) is 73.8 Å². The van der Waals surface area contributed by atoms with E-state index in [1.165, 1.54) is 8.61 Å². The van der Waals surface area contributed by atoms with Crippen molar-refractivity contribution in [3.8, 4) is 0 Å². The third-order valence-electron chi connectivity index (χ3n) is 4.20. The van der Waals surface area contributed by atoms with Gasteiger partial charge in [0, 0.05) is 51.7 Å². The van der Waals surface area contributed by atoms with E-state index in [9.17, 15) is 13.2 Å². The zero-order valence-corrected chi connectivity index (χ0v) is 15.2. The molecule has 1 saturated heterocycles. The molecule has 0 spiro atoms. The molecule has 0 aromatic carbocycles. The van der Waals surface area contributed by atoms with E-state index in [0.29, 0.717) is 32.7 Å². The summed E-state index contributed by atoms with van der Waals surface area (Å²) >= 11 is 0. The highest BCUT2D eigenvalue weighted by Crippen LogP contribution is 2.12. The first-order valence-electron chi connectivity index (χ1n) is 8.34. The second-order valence-corrected chi connectivity index (χ2v) is 8.00. The number of nitrogens with zero attached hydrogens (tertiary/aromatic N) is 4. The Kier molecular flexibility index (Phi) is 6.70. The third kappa shape index (κ3) is 4.75. The maximum atomic E-state index is 12.5. The number of hydrogen-bond donors (Lipinski definition) is 0. The highest BCUT2D eigenvalue weighted by Gasteiger charge is 2.31. The highest BCUT2D eigenvalue weighted by molar-refractivity contribution is 7.86. The van der Waals surface area contributed by atoms with Crippen molar-refractivity contribution < 1.29 is 13.2 Å². The second kappa shape index (κ2) is 8.55. The van der Waals surface area contributed by atoms with Crippen molar-refractivity contribution in [2.24, 2.45) is 0 Å². The fourth-order valence-electron chi connectivity index (χ4n) is 2.63. The van der Waals surface area contributed by atoms with Crippen LogP contribution in [0.1, 0.15) is 25.5 Å². The smallest absolute Gasteiger partial charge is 0.281 e. The first kappa shape index (κ1) is 18.8. The van der Waals surface area contributed by atoms with Gasteiger partial charge in [-0.3, -0.25) is 9.78 Å². The van der Waals surface area contributed by atoms with Gasteiger partial charge in [0.25, 0.3) is 10.2 Å². The summed E-state index contributed by atoms with van der Waals surface area (Å²) in [6, 6.07) is 5.49. The van der Waals surface area contributed by atoms with Crippen molar-refractivity contribution >= 4 is 16.1 Å². The molecule has 7 nitrogen and oxygen atoms in total. The zero-order chi connectivity index (χ0) is 17.6. The van der Waals surface area contributed by atoms with Crippen LogP contribution >= 0.6 is 0 Å². The number of rotatable bonds is 7. The van der Waals surface area contributed by atoms with Gasteiger partial charge in [-0.2, -0.15) is 17.0 Å². The van der Waals surface area contributed by atoms with E-state index in [1.54, 1.807) is 18.1 Å². The van der Waals surface area contributed by atoms with Crippen LogP contribution in [0.25, 0.3) is 0 Å². The van der Waals surface area contributed by atoms with E-state index in [1.807, 2.05) is 25.1 Å². The molecule has 0 saturated carbocycles. The lowest BCUT2D eigenvalue weighted by Crippen LogP contribution is -2.53. The van der Waals surface area contributed by atoms with Crippen LogP contribution in [0.15, 0.2) is 24.4 Å². The van der Waals surface area contributed by atoms with Gasteiger partial charge in [0.15, 0.2) is 0 Å². The Labute approximate surface area is 144 Å². The predicted octanol–water partition coefficient (Wildman–Crippen LogP) is 0.745. The number of carbonyl (C=O) groups is 1. The average Bonchev–Trinajstić information content (AvgIpc) is 2.60. The van der Waals surface area contributed by atoms with E-state index in [0.717, 1.165) is 18.5 Å². The van der Waals surface area contributed by atoms with Crippen molar-refractivity contribution in [3.63, 3.8) is 0 Å². The Morgan fingerprint density at radius 3 is 2.54 bits per heavy atom. The van der Waals surface area contributed by atoms with Gasteiger partial charge in [-0.25, -0.2) is 0 Å². The number of unbranched alkanes of at least 4 members (excludes halogenated alkanes) is 1. The molecule has 0 bridgehead atoms. The van der Waals surface area contributed by atoms with Crippen LogP contribution in [-0.2, 0) is 21.4 Å². The number of carbonyl (C=O) groups excluding carboxylic acids is 1. The Bertz CT molecular complexity index is 628. The molecule has 0 radical (unpaired) electrons. The molecule has 8 heteroatoms. The summed E-state index contributed by atoms with van der Waals surface area (Å²) in [5.74, 6) is -0.00918. The summed E-state index contributed by atoms with van der Waals surface area (Å²) in [5, 5.41) is 0. The fourth-order valence-corrected chi connectivity index (χ4v) is 4.01. The number of amides is 1. The maximum absolute atomic E-state index is 12.5. The molecule has 1 aromatic rings. The molecular weight excluding hydrogens is 328 g/mol. The van der Waals surface area contributed by atoms with E-state index in [4.69, 9.17) is 0 Å². The van der Waals surface area contributed by atoms with Crippen molar-refractivity contribution in [1.82, 2.24) is 18.5 Å². The SMILES string of the molecule is CCCCN(C)S(=O)(=O)N1CCN(C(=O)Cc2ccccn2)CC1. The van der Waals surface area contributed by atoms with Crippen LogP contribution in [0.3, 0.4) is 0 Å². The lowest BCUT2D eigenvalue weighted by Gasteiger charge is -2.35. The summed E-state index contributed by atoms with van der Waals surface area (Å²) in [6.45, 7) is 4.09. The summed E-state index contributed by atoms with van der Waals surface area (Å²) in [5.41, 5.74) is 0.733. The van der Waals surface area contributed by atoms with Gasteiger partial charge >= 0.3 is 0 Å².